The van der Waals surface area contributed by atoms with Crippen molar-refractivity contribution in [1.82, 2.24) is 0 Å². The summed E-state index contributed by atoms with van der Waals surface area (Å²) in [6.45, 7) is 6.58. The molecule has 2 heterocycles. The SMILES string of the molecule is Cc1cc(=O)oc2c3c(ccc12)OC[NH+](C[C@H](C)c1ccccc1)C3. The topological polar surface area (TPSA) is 43.9 Å². The molecule has 4 heteroatoms. The van der Waals surface area contributed by atoms with Gasteiger partial charge in [-0.3, -0.25) is 4.90 Å². The van der Waals surface area contributed by atoms with E-state index in [1.807, 2.05) is 25.1 Å². The van der Waals surface area contributed by atoms with Gasteiger partial charge in [0.05, 0.1) is 12.1 Å². The van der Waals surface area contributed by atoms with Crippen molar-refractivity contribution in [2.24, 2.45) is 0 Å². The third-order valence-corrected chi connectivity index (χ3v) is 5.00. The molecule has 128 valence electrons. The Balaban J connectivity index is 1.64. The quantitative estimate of drug-likeness (QED) is 0.748. The van der Waals surface area contributed by atoms with E-state index >= 15 is 0 Å². The Bertz CT molecular complexity index is 962. The molecule has 4 rings (SSSR count). The summed E-state index contributed by atoms with van der Waals surface area (Å²) in [5.74, 6) is 1.27. The zero-order chi connectivity index (χ0) is 17.4. The third kappa shape index (κ3) is 3.05. The van der Waals surface area contributed by atoms with E-state index in [9.17, 15) is 4.79 Å². The summed E-state index contributed by atoms with van der Waals surface area (Å²) in [5, 5.41) is 0.985. The molecule has 2 atom stereocenters. The van der Waals surface area contributed by atoms with Crippen LogP contribution >= 0.6 is 0 Å². The minimum Gasteiger partial charge on any atom is -0.445 e. The van der Waals surface area contributed by atoms with Crippen molar-refractivity contribution in [2.45, 2.75) is 26.3 Å². The van der Waals surface area contributed by atoms with E-state index in [1.165, 1.54) is 10.5 Å². The number of hydrogen-bond donors (Lipinski definition) is 1. The van der Waals surface area contributed by atoms with Gasteiger partial charge in [0.15, 0.2) is 5.58 Å². The van der Waals surface area contributed by atoms with Crippen LogP contribution in [0.5, 0.6) is 5.75 Å². The monoisotopic (exact) mass is 336 g/mol. The van der Waals surface area contributed by atoms with Gasteiger partial charge in [0.2, 0.25) is 6.73 Å². The van der Waals surface area contributed by atoms with E-state index in [0.717, 1.165) is 35.4 Å². The van der Waals surface area contributed by atoms with Crippen LogP contribution in [0.2, 0.25) is 0 Å². The second-order valence-electron chi connectivity index (χ2n) is 6.90. The number of hydrogen-bond acceptors (Lipinski definition) is 3. The molecule has 1 aliphatic heterocycles. The van der Waals surface area contributed by atoms with Crippen LogP contribution in [0.4, 0.5) is 0 Å². The Labute approximate surface area is 146 Å². The largest absolute Gasteiger partial charge is 0.445 e. The van der Waals surface area contributed by atoms with E-state index in [1.54, 1.807) is 6.07 Å². The maximum Gasteiger partial charge on any atom is 0.336 e. The molecule has 2 aromatic carbocycles. The molecule has 1 N–H and O–H groups in total. The van der Waals surface area contributed by atoms with Crippen LogP contribution in [0.25, 0.3) is 11.0 Å². The summed E-state index contributed by atoms with van der Waals surface area (Å²) in [6, 6.07) is 16.0. The smallest absolute Gasteiger partial charge is 0.336 e. The molecule has 3 aromatic rings. The molecule has 1 aromatic heterocycles. The molecule has 1 unspecified atom stereocenters. The van der Waals surface area contributed by atoms with Crippen LogP contribution in [0.1, 0.15) is 29.5 Å². The average molecular weight is 336 g/mol. The first-order chi connectivity index (χ1) is 12.1. The molecule has 0 radical (unpaired) electrons. The standard InChI is InChI=1S/C21H21NO3/c1-14-10-20(23)25-21-17(14)8-9-19-18(21)12-22(13-24-19)11-15(2)16-6-4-3-5-7-16/h3-10,15H,11-13H2,1-2H3/p+1/t15-/m0/s1. The fraction of sp³-hybridized carbons (Fsp3) is 0.286. The zero-order valence-electron chi connectivity index (χ0n) is 14.5. The van der Waals surface area contributed by atoms with Gasteiger partial charge >= 0.3 is 5.63 Å². The lowest BCUT2D eigenvalue weighted by Crippen LogP contribution is -3.12. The van der Waals surface area contributed by atoms with Crippen molar-refractivity contribution in [1.29, 1.82) is 0 Å². The van der Waals surface area contributed by atoms with Gasteiger partial charge in [-0.1, -0.05) is 37.3 Å². The van der Waals surface area contributed by atoms with Gasteiger partial charge in [-0.15, -0.1) is 0 Å². The Hall–Kier alpha value is -2.59. The summed E-state index contributed by atoms with van der Waals surface area (Å²) in [7, 11) is 0. The molecular formula is C21H22NO3+. The van der Waals surface area contributed by atoms with Crippen molar-refractivity contribution in [3.05, 3.63) is 75.6 Å². The Morgan fingerprint density at radius 1 is 1.16 bits per heavy atom. The summed E-state index contributed by atoms with van der Waals surface area (Å²) in [6.07, 6.45) is 0. The van der Waals surface area contributed by atoms with Gasteiger partial charge in [0.25, 0.3) is 0 Å². The van der Waals surface area contributed by atoms with Gasteiger partial charge in [0, 0.05) is 17.4 Å². The number of aryl methyl sites for hydroxylation is 1. The highest BCUT2D eigenvalue weighted by atomic mass is 16.5. The Morgan fingerprint density at radius 3 is 2.76 bits per heavy atom. The summed E-state index contributed by atoms with van der Waals surface area (Å²) in [5.41, 5.74) is 3.65. The number of rotatable bonds is 3. The van der Waals surface area contributed by atoms with Gasteiger partial charge in [-0.05, 0) is 30.2 Å². The van der Waals surface area contributed by atoms with Crippen LogP contribution in [-0.2, 0) is 6.54 Å². The molecule has 0 amide bonds. The normalized spacial score (nSPS) is 17.8. The lowest BCUT2D eigenvalue weighted by molar-refractivity contribution is -0.933. The fourth-order valence-electron chi connectivity index (χ4n) is 3.67. The van der Waals surface area contributed by atoms with Crippen LogP contribution < -0.4 is 15.3 Å². The number of fused-ring (bicyclic) bond motifs is 3. The molecule has 25 heavy (non-hydrogen) atoms. The van der Waals surface area contributed by atoms with Crippen LogP contribution in [0.3, 0.4) is 0 Å². The van der Waals surface area contributed by atoms with E-state index in [-0.39, 0.29) is 5.63 Å². The van der Waals surface area contributed by atoms with Crippen molar-refractivity contribution in [3.63, 3.8) is 0 Å². The van der Waals surface area contributed by atoms with Crippen molar-refractivity contribution >= 4 is 11.0 Å². The van der Waals surface area contributed by atoms with Crippen LogP contribution in [-0.4, -0.2) is 13.3 Å². The second-order valence-corrected chi connectivity index (χ2v) is 6.90. The molecule has 0 saturated carbocycles. The highest BCUT2D eigenvalue weighted by molar-refractivity contribution is 5.84. The number of benzene rings is 2. The first-order valence-corrected chi connectivity index (χ1v) is 8.69. The first kappa shape index (κ1) is 15.9. The molecular weight excluding hydrogens is 314 g/mol. The highest BCUT2D eigenvalue weighted by Gasteiger charge is 2.26. The predicted molar refractivity (Wildman–Crippen MR) is 97.1 cm³/mol. The van der Waals surface area contributed by atoms with Gasteiger partial charge in [-0.2, -0.15) is 0 Å². The molecule has 4 nitrogen and oxygen atoms in total. The van der Waals surface area contributed by atoms with Gasteiger partial charge < -0.3 is 9.15 Å². The predicted octanol–water partition coefficient (Wildman–Crippen LogP) is 2.64. The molecule has 1 aliphatic rings. The van der Waals surface area contributed by atoms with Gasteiger partial charge in [-0.25, -0.2) is 4.79 Å². The first-order valence-electron chi connectivity index (χ1n) is 8.69. The van der Waals surface area contributed by atoms with Crippen molar-refractivity contribution in [3.8, 4) is 5.75 Å². The van der Waals surface area contributed by atoms with Crippen LogP contribution in [0.15, 0.2) is 57.7 Å². The van der Waals surface area contributed by atoms with Crippen molar-refractivity contribution < 1.29 is 14.1 Å². The number of ether oxygens (including phenoxy) is 1. The Morgan fingerprint density at radius 2 is 1.96 bits per heavy atom. The van der Waals surface area contributed by atoms with E-state index in [0.29, 0.717) is 18.2 Å². The van der Waals surface area contributed by atoms with E-state index in [4.69, 9.17) is 9.15 Å². The van der Waals surface area contributed by atoms with Crippen LogP contribution in [0, 0.1) is 6.92 Å². The highest BCUT2D eigenvalue weighted by Crippen LogP contribution is 2.29. The van der Waals surface area contributed by atoms with Gasteiger partial charge in [0.1, 0.15) is 12.3 Å². The number of nitrogens with one attached hydrogen (secondary N) is 1. The second kappa shape index (κ2) is 6.37. The maximum absolute atomic E-state index is 11.8. The molecule has 0 aliphatic carbocycles. The van der Waals surface area contributed by atoms with Crippen molar-refractivity contribution in [2.75, 3.05) is 13.3 Å². The third-order valence-electron chi connectivity index (χ3n) is 5.00. The lowest BCUT2D eigenvalue weighted by atomic mass is 10.00. The summed E-state index contributed by atoms with van der Waals surface area (Å²) in [4.78, 5) is 13.2. The summed E-state index contributed by atoms with van der Waals surface area (Å²) < 4.78 is 11.5. The zero-order valence-corrected chi connectivity index (χ0v) is 14.5. The minimum absolute atomic E-state index is 0.303. The number of quaternary nitrogens is 1. The maximum atomic E-state index is 11.8. The Kier molecular flexibility index (Phi) is 4.06. The molecule has 0 fully saturated rings. The average Bonchev–Trinajstić information content (AvgIpc) is 2.62. The molecule has 0 saturated heterocycles. The fourth-order valence-corrected chi connectivity index (χ4v) is 3.67. The summed E-state index contributed by atoms with van der Waals surface area (Å²) >= 11 is 0. The minimum atomic E-state index is -0.303. The molecule has 0 bridgehead atoms. The van der Waals surface area contributed by atoms with E-state index < -0.39 is 0 Å². The molecule has 0 spiro atoms. The van der Waals surface area contributed by atoms with E-state index in [2.05, 4.69) is 31.2 Å². The lowest BCUT2D eigenvalue weighted by Gasteiger charge is -2.28.